The minimum Gasteiger partial charge on any atom is -0.480 e. The van der Waals surface area contributed by atoms with Crippen LogP contribution in [0.25, 0.3) is 0 Å². The second-order valence-corrected chi connectivity index (χ2v) is 5.86. The Labute approximate surface area is 134 Å². The number of hydrogen-bond donors (Lipinski definition) is 1. The summed E-state index contributed by atoms with van der Waals surface area (Å²) in [5.74, 6) is 0.450. The number of carboxylic acids is 1. The zero-order valence-electron chi connectivity index (χ0n) is 13.0. The van der Waals surface area contributed by atoms with Crippen molar-refractivity contribution in [2.24, 2.45) is 0 Å². The minimum atomic E-state index is -0.957. The monoisotopic (exact) mass is 313 g/mol. The fraction of sp³-hybridized carbons (Fsp3) is 0.333. The molecule has 0 saturated carbocycles. The summed E-state index contributed by atoms with van der Waals surface area (Å²) in [6.07, 6.45) is 1.09. The molecule has 5 nitrogen and oxygen atoms in total. The lowest BCUT2D eigenvalue weighted by molar-refractivity contribution is -0.151. The van der Waals surface area contributed by atoms with Crippen molar-refractivity contribution >= 4 is 11.9 Å². The van der Waals surface area contributed by atoms with Gasteiger partial charge in [0.15, 0.2) is 0 Å². The number of rotatable bonds is 4. The molecule has 23 heavy (non-hydrogen) atoms. The first kappa shape index (κ1) is 15.3. The molecular weight excluding hydrogens is 294 g/mol. The molecule has 1 atom stereocenters. The SMILES string of the molecule is Cc1ccc(CCC(=O)N2Cc3ccccc3C[C@H]2C(=O)O)o1. The fourth-order valence-electron chi connectivity index (χ4n) is 3.00. The predicted molar refractivity (Wildman–Crippen MR) is 83.9 cm³/mol. The van der Waals surface area contributed by atoms with Crippen LogP contribution in [0, 0.1) is 6.92 Å². The lowest BCUT2D eigenvalue weighted by Gasteiger charge is -2.34. The molecular formula is C18H19NO4. The summed E-state index contributed by atoms with van der Waals surface area (Å²) < 4.78 is 5.46. The maximum atomic E-state index is 12.5. The largest absolute Gasteiger partial charge is 0.480 e. The van der Waals surface area contributed by atoms with E-state index in [4.69, 9.17) is 4.42 Å². The summed E-state index contributed by atoms with van der Waals surface area (Å²) in [6, 6.07) is 10.6. The van der Waals surface area contributed by atoms with Gasteiger partial charge in [0.25, 0.3) is 0 Å². The van der Waals surface area contributed by atoms with Crippen LogP contribution in [0.1, 0.15) is 29.1 Å². The highest BCUT2D eigenvalue weighted by Gasteiger charge is 2.34. The fourth-order valence-corrected chi connectivity index (χ4v) is 3.00. The molecule has 0 saturated heterocycles. The van der Waals surface area contributed by atoms with E-state index in [0.29, 0.717) is 19.4 Å². The van der Waals surface area contributed by atoms with Crippen molar-refractivity contribution in [2.75, 3.05) is 0 Å². The first-order valence-electron chi connectivity index (χ1n) is 7.69. The number of carboxylic acid groups (broad SMARTS) is 1. The Kier molecular flexibility index (Phi) is 4.19. The Morgan fingerprint density at radius 2 is 1.96 bits per heavy atom. The van der Waals surface area contributed by atoms with E-state index in [1.807, 2.05) is 43.3 Å². The van der Waals surface area contributed by atoms with Gasteiger partial charge in [-0.05, 0) is 30.2 Å². The molecule has 5 heteroatoms. The van der Waals surface area contributed by atoms with Crippen LogP contribution in [0.4, 0.5) is 0 Å². The van der Waals surface area contributed by atoms with Gasteiger partial charge < -0.3 is 14.4 Å². The lowest BCUT2D eigenvalue weighted by atomic mass is 9.93. The van der Waals surface area contributed by atoms with Gasteiger partial charge >= 0.3 is 5.97 Å². The van der Waals surface area contributed by atoms with Crippen molar-refractivity contribution in [2.45, 2.75) is 38.8 Å². The van der Waals surface area contributed by atoms with Crippen LogP contribution >= 0.6 is 0 Å². The van der Waals surface area contributed by atoms with Crippen LogP contribution < -0.4 is 0 Å². The molecule has 0 fully saturated rings. The Morgan fingerprint density at radius 3 is 2.61 bits per heavy atom. The Bertz CT molecular complexity index is 734. The smallest absolute Gasteiger partial charge is 0.326 e. The summed E-state index contributed by atoms with van der Waals surface area (Å²) in [4.78, 5) is 25.5. The van der Waals surface area contributed by atoms with E-state index in [-0.39, 0.29) is 12.3 Å². The topological polar surface area (TPSA) is 70.8 Å². The number of furan rings is 1. The van der Waals surface area contributed by atoms with Gasteiger partial charge in [-0.15, -0.1) is 0 Å². The number of fused-ring (bicyclic) bond motifs is 1. The molecule has 2 aromatic rings. The molecule has 1 N–H and O–H groups in total. The quantitative estimate of drug-likeness (QED) is 0.941. The zero-order valence-corrected chi connectivity index (χ0v) is 13.0. The Hall–Kier alpha value is -2.56. The van der Waals surface area contributed by atoms with E-state index >= 15 is 0 Å². The van der Waals surface area contributed by atoms with Gasteiger partial charge in [-0.25, -0.2) is 4.79 Å². The molecule has 0 radical (unpaired) electrons. The zero-order chi connectivity index (χ0) is 16.4. The van der Waals surface area contributed by atoms with Crippen LogP contribution in [-0.4, -0.2) is 27.9 Å². The average Bonchev–Trinajstić information content (AvgIpc) is 2.96. The van der Waals surface area contributed by atoms with Crippen molar-refractivity contribution in [3.05, 3.63) is 59.0 Å². The molecule has 120 valence electrons. The summed E-state index contributed by atoms with van der Waals surface area (Å²) in [5.41, 5.74) is 2.03. The van der Waals surface area contributed by atoms with Crippen LogP contribution in [-0.2, 0) is 29.0 Å². The highest BCUT2D eigenvalue weighted by molar-refractivity contribution is 5.84. The number of carbonyl (C=O) groups excluding carboxylic acids is 1. The van der Waals surface area contributed by atoms with E-state index in [2.05, 4.69) is 0 Å². The molecule has 0 bridgehead atoms. The third-order valence-electron chi connectivity index (χ3n) is 4.24. The van der Waals surface area contributed by atoms with Gasteiger partial charge in [0.05, 0.1) is 0 Å². The van der Waals surface area contributed by atoms with Crippen molar-refractivity contribution in [1.82, 2.24) is 4.90 Å². The number of nitrogens with zero attached hydrogens (tertiary/aromatic N) is 1. The molecule has 1 amide bonds. The molecule has 1 aliphatic rings. The van der Waals surface area contributed by atoms with Crippen molar-refractivity contribution in [3.8, 4) is 0 Å². The molecule has 0 spiro atoms. The highest BCUT2D eigenvalue weighted by atomic mass is 16.4. The molecule has 2 heterocycles. The maximum Gasteiger partial charge on any atom is 0.326 e. The molecule has 1 aliphatic heterocycles. The van der Waals surface area contributed by atoms with Gasteiger partial charge in [0.2, 0.25) is 5.91 Å². The summed E-state index contributed by atoms with van der Waals surface area (Å²) in [6.45, 7) is 2.20. The number of benzene rings is 1. The summed E-state index contributed by atoms with van der Waals surface area (Å²) in [7, 11) is 0. The first-order valence-corrected chi connectivity index (χ1v) is 7.69. The molecule has 3 rings (SSSR count). The number of aliphatic carboxylic acids is 1. The Balaban J connectivity index is 1.73. The normalized spacial score (nSPS) is 16.9. The lowest BCUT2D eigenvalue weighted by Crippen LogP contribution is -2.48. The van der Waals surface area contributed by atoms with Crippen molar-refractivity contribution in [3.63, 3.8) is 0 Å². The van der Waals surface area contributed by atoms with Crippen molar-refractivity contribution in [1.29, 1.82) is 0 Å². The van der Waals surface area contributed by atoms with Crippen LogP contribution in [0.2, 0.25) is 0 Å². The molecule has 0 unspecified atom stereocenters. The van der Waals surface area contributed by atoms with Gasteiger partial charge in [0, 0.05) is 25.8 Å². The van der Waals surface area contributed by atoms with Gasteiger partial charge in [-0.1, -0.05) is 24.3 Å². The van der Waals surface area contributed by atoms with Crippen LogP contribution in [0.15, 0.2) is 40.8 Å². The van der Waals surface area contributed by atoms with Gasteiger partial charge in [0.1, 0.15) is 17.6 Å². The predicted octanol–water partition coefficient (Wildman–Crippen LogP) is 2.56. The van der Waals surface area contributed by atoms with Gasteiger partial charge in [-0.2, -0.15) is 0 Å². The van der Waals surface area contributed by atoms with Crippen molar-refractivity contribution < 1.29 is 19.1 Å². The van der Waals surface area contributed by atoms with E-state index in [9.17, 15) is 14.7 Å². The number of amides is 1. The number of hydrogen-bond acceptors (Lipinski definition) is 3. The number of carbonyl (C=O) groups is 2. The van der Waals surface area contributed by atoms with E-state index in [1.165, 1.54) is 4.90 Å². The van der Waals surface area contributed by atoms with E-state index in [0.717, 1.165) is 22.6 Å². The second kappa shape index (κ2) is 6.28. The second-order valence-electron chi connectivity index (χ2n) is 5.86. The molecule has 0 aliphatic carbocycles. The van der Waals surface area contributed by atoms with Crippen LogP contribution in [0.5, 0.6) is 0 Å². The summed E-state index contributed by atoms with van der Waals surface area (Å²) >= 11 is 0. The third kappa shape index (κ3) is 3.28. The minimum absolute atomic E-state index is 0.152. The molecule has 1 aromatic carbocycles. The summed E-state index contributed by atoms with van der Waals surface area (Å²) in [5, 5.41) is 9.46. The maximum absolute atomic E-state index is 12.5. The highest BCUT2D eigenvalue weighted by Crippen LogP contribution is 2.24. The van der Waals surface area contributed by atoms with Gasteiger partial charge in [-0.3, -0.25) is 4.79 Å². The van der Waals surface area contributed by atoms with Crippen LogP contribution in [0.3, 0.4) is 0 Å². The van der Waals surface area contributed by atoms with E-state index in [1.54, 1.807) is 0 Å². The van der Waals surface area contributed by atoms with E-state index < -0.39 is 12.0 Å². The molecule has 1 aromatic heterocycles. The standard InChI is InChI=1S/C18H19NO4/c1-12-6-7-15(23-12)8-9-17(20)19-11-14-5-3-2-4-13(14)10-16(19)18(21)22/h2-7,16H,8-11H2,1H3,(H,21,22)/t16-/m0/s1. The first-order chi connectivity index (χ1) is 11.0. The Morgan fingerprint density at radius 1 is 1.22 bits per heavy atom. The average molecular weight is 313 g/mol. The third-order valence-corrected chi connectivity index (χ3v) is 4.24. The number of aryl methyl sites for hydroxylation is 2.